The van der Waals surface area contributed by atoms with E-state index in [9.17, 15) is 13.2 Å². The number of hydrogen-bond acceptors (Lipinski definition) is 2. The number of alkyl halides is 3. The normalized spacial score (nSPS) is 14.7. The van der Waals surface area contributed by atoms with Crippen molar-refractivity contribution in [2.24, 2.45) is 4.99 Å². The van der Waals surface area contributed by atoms with Crippen LogP contribution in [0.15, 0.2) is 4.99 Å². The lowest BCUT2D eigenvalue weighted by atomic mass is 11.3. The first kappa shape index (κ1) is 9.69. The van der Waals surface area contributed by atoms with Crippen LogP contribution in [0.25, 0.3) is 0 Å². The molecule has 2 nitrogen and oxygen atoms in total. The van der Waals surface area contributed by atoms with E-state index in [0.717, 1.165) is 0 Å². The van der Waals surface area contributed by atoms with Gasteiger partial charge in [-0.05, 0) is 0 Å². The van der Waals surface area contributed by atoms with Crippen molar-refractivity contribution < 1.29 is 17.9 Å². The smallest absolute Gasteiger partial charge is 0.411 e. The molecule has 0 aromatic heterocycles. The third kappa shape index (κ3) is 4.56. The second kappa shape index (κ2) is 3.76. The molecule has 0 saturated carbocycles. The third-order valence-electron chi connectivity index (χ3n) is 0.645. The molecular weight excluding hydrogens is 166 g/mol. The molecule has 0 amide bonds. The van der Waals surface area contributed by atoms with Crippen LogP contribution < -0.4 is 0 Å². The van der Waals surface area contributed by atoms with Gasteiger partial charge in [0.05, 0.1) is 15.7 Å². The molecule has 0 aliphatic rings. The van der Waals surface area contributed by atoms with Gasteiger partial charge in [0.25, 0.3) is 0 Å². The minimum atomic E-state index is -4.20. The van der Waals surface area contributed by atoms with Crippen LogP contribution in [-0.4, -0.2) is 25.7 Å². The monoisotopic (exact) mass is 173 g/mol. The van der Waals surface area contributed by atoms with Gasteiger partial charge in [-0.3, -0.25) is 4.99 Å². The Kier molecular flexibility index (Phi) is 3.64. The summed E-state index contributed by atoms with van der Waals surface area (Å²) in [7, 11) is 1.09. The first-order valence-electron chi connectivity index (χ1n) is 2.35. The number of halogens is 3. The molecule has 0 radical (unpaired) electrons. The fraction of sp³-hybridized carbons (Fsp3) is 0.750. The van der Waals surface area contributed by atoms with Gasteiger partial charge in [0, 0.05) is 7.05 Å². The van der Waals surface area contributed by atoms with E-state index >= 15 is 0 Å². The fourth-order valence-corrected chi connectivity index (χ4v) is 0.776. The first-order chi connectivity index (χ1) is 4.49. The molecule has 60 valence electrons. The second-order valence-electron chi connectivity index (χ2n) is 1.36. The Morgan fingerprint density at radius 2 is 2.00 bits per heavy atom. The number of aliphatic imine (C=N–C) groups is 1. The summed E-state index contributed by atoms with van der Waals surface area (Å²) in [5.74, 6) is -4.20. The van der Waals surface area contributed by atoms with E-state index in [1.165, 1.54) is 14.2 Å². The molecule has 0 heterocycles. The molecule has 0 aliphatic carbocycles. The van der Waals surface area contributed by atoms with Crippen LogP contribution >= 0.6 is 8.58 Å². The number of ether oxygens (including phenoxy) is 1. The molecule has 6 heteroatoms. The zero-order chi connectivity index (χ0) is 8.20. The average molecular weight is 173 g/mol. The van der Waals surface area contributed by atoms with E-state index in [1.807, 2.05) is 0 Å². The van der Waals surface area contributed by atoms with E-state index in [-0.39, 0.29) is 5.64 Å². The number of methoxy groups -OCH3 is 1. The van der Waals surface area contributed by atoms with Crippen molar-refractivity contribution >= 4 is 14.2 Å². The number of nitrogens with zero attached hydrogens (tertiary/aromatic N) is 1. The van der Waals surface area contributed by atoms with Gasteiger partial charge < -0.3 is 4.74 Å². The lowest BCUT2D eigenvalue weighted by Crippen LogP contribution is -2.04. The van der Waals surface area contributed by atoms with Crippen LogP contribution in [0.1, 0.15) is 0 Å². The lowest BCUT2D eigenvalue weighted by molar-refractivity contribution is -0.0360. The molecule has 1 unspecified atom stereocenters. The summed E-state index contributed by atoms with van der Waals surface area (Å²) in [6.45, 7) is 0. The molecule has 0 bridgehead atoms. The molecule has 0 rings (SSSR count). The average Bonchev–Trinajstić information content (AvgIpc) is 1.81. The van der Waals surface area contributed by atoms with Crippen LogP contribution in [-0.2, 0) is 4.74 Å². The van der Waals surface area contributed by atoms with E-state index in [0.29, 0.717) is 0 Å². The fourth-order valence-electron chi connectivity index (χ4n) is 0.319. The Bertz CT molecular complexity index is 133. The first-order valence-corrected chi connectivity index (χ1v) is 3.35. The summed E-state index contributed by atoms with van der Waals surface area (Å²) < 4.78 is 38.9. The Hall–Kier alpha value is -0.310. The highest BCUT2D eigenvalue weighted by atomic mass is 31.1. The maximum atomic E-state index is 11.5. The summed E-state index contributed by atoms with van der Waals surface area (Å²) in [6, 6.07) is 0. The molecule has 0 spiro atoms. The van der Waals surface area contributed by atoms with Gasteiger partial charge >= 0.3 is 5.92 Å². The zero-order valence-electron chi connectivity index (χ0n) is 5.49. The van der Waals surface area contributed by atoms with Crippen molar-refractivity contribution in [2.75, 3.05) is 14.2 Å². The summed E-state index contributed by atoms with van der Waals surface area (Å²) in [4.78, 5) is 3.28. The number of hydrogen-bond donors (Lipinski definition) is 0. The Balaban J connectivity index is 3.88. The van der Waals surface area contributed by atoms with Crippen LogP contribution in [0.5, 0.6) is 0 Å². The van der Waals surface area contributed by atoms with Crippen molar-refractivity contribution in [3.63, 3.8) is 0 Å². The van der Waals surface area contributed by atoms with Gasteiger partial charge in [0.1, 0.15) is 0 Å². The topological polar surface area (TPSA) is 21.6 Å². The van der Waals surface area contributed by atoms with Crippen molar-refractivity contribution in [3.05, 3.63) is 0 Å². The molecule has 10 heavy (non-hydrogen) atoms. The molecule has 0 aromatic rings. The molecule has 0 aliphatic heterocycles. The predicted molar refractivity (Wildman–Crippen MR) is 34.7 cm³/mol. The van der Waals surface area contributed by atoms with Crippen LogP contribution in [0, 0.1) is 0 Å². The van der Waals surface area contributed by atoms with Crippen LogP contribution in [0.3, 0.4) is 0 Å². The summed E-state index contributed by atoms with van der Waals surface area (Å²) >= 11 is 0. The minimum Gasteiger partial charge on any atom is -0.481 e. The van der Waals surface area contributed by atoms with Crippen molar-refractivity contribution in [2.45, 2.75) is 5.92 Å². The predicted octanol–water partition coefficient (Wildman–Crippen LogP) is 1.82. The molecule has 0 saturated heterocycles. The summed E-state index contributed by atoms with van der Waals surface area (Å²) in [6.07, 6.45) is 0. The van der Waals surface area contributed by atoms with Crippen molar-refractivity contribution in [3.8, 4) is 0 Å². The largest absolute Gasteiger partial charge is 0.481 e. The Labute approximate surface area is 58.3 Å². The molecule has 0 N–H and O–H groups in total. The SMILES string of the molecule is CN=C(OC)PC(F)(F)F. The molecular formula is C4H7F3NOP. The van der Waals surface area contributed by atoms with Gasteiger partial charge in [-0.2, -0.15) is 13.2 Å². The highest BCUT2D eigenvalue weighted by Gasteiger charge is 2.30. The standard InChI is InChI=1S/C4H7F3NOP/c1-8-3(9-2)10-4(5,6)7/h10H,1-2H3. The van der Waals surface area contributed by atoms with Crippen LogP contribution in [0.4, 0.5) is 13.2 Å². The summed E-state index contributed by atoms with van der Waals surface area (Å²) in [5, 5.41) is 0. The summed E-state index contributed by atoms with van der Waals surface area (Å²) in [5.41, 5.74) is -0.271. The quantitative estimate of drug-likeness (QED) is 0.336. The van der Waals surface area contributed by atoms with Gasteiger partial charge in [0.15, 0.2) is 0 Å². The highest BCUT2D eigenvalue weighted by molar-refractivity contribution is 7.58. The van der Waals surface area contributed by atoms with E-state index in [1.54, 1.807) is 0 Å². The van der Waals surface area contributed by atoms with Gasteiger partial charge in [0.2, 0.25) is 5.64 Å². The number of rotatable bonds is 1. The van der Waals surface area contributed by atoms with Gasteiger partial charge in [-0.15, -0.1) is 0 Å². The van der Waals surface area contributed by atoms with E-state index in [2.05, 4.69) is 9.73 Å². The maximum Gasteiger partial charge on any atom is 0.411 e. The zero-order valence-corrected chi connectivity index (χ0v) is 6.49. The van der Waals surface area contributed by atoms with Crippen molar-refractivity contribution in [1.29, 1.82) is 0 Å². The van der Waals surface area contributed by atoms with Gasteiger partial charge in [-0.1, -0.05) is 0 Å². The van der Waals surface area contributed by atoms with Crippen molar-refractivity contribution in [1.82, 2.24) is 0 Å². The Morgan fingerprint density at radius 3 is 2.10 bits per heavy atom. The third-order valence-corrected chi connectivity index (χ3v) is 1.57. The molecule has 0 aromatic carbocycles. The lowest BCUT2D eigenvalue weighted by Gasteiger charge is -2.06. The van der Waals surface area contributed by atoms with E-state index in [4.69, 9.17) is 0 Å². The molecule has 1 atom stereocenters. The maximum absolute atomic E-state index is 11.5. The Morgan fingerprint density at radius 1 is 1.50 bits per heavy atom. The van der Waals surface area contributed by atoms with E-state index < -0.39 is 14.5 Å². The minimum absolute atomic E-state index is 0.271. The van der Waals surface area contributed by atoms with Crippen LogP contribution in [0.2, 0.25) is 0 Å². The molecule has 0 fully saturated rings. The highest BCUT2D eigenvalue weighted by Crippen LogP contribution is 2.37. The van der Waals surface area contributed by atoms with Gasteiger partial charge in [-0.25, -0.2) is 0 Å². The second-order valence-corrected chi connectivity index (χ2v) is 2.60.